The molecule has 3 aromatic heterocycles. The number of nitrogens with one attached hydrogen (secondary N) is 3. The van der Waals surface area contributed by atoms with Crippen molar-refractivity contribution in [2.75, 3.05) is 30.4 Å². The van der Waals surface area contributed by atoms with E-state index in [0.29, 0.717) is 22.5 Å². The molecule has 3 N–H and O–H groups in total. The number of halogens is 2. The number of amides is 1. The van der Waals surface area contributed by atoms with Crippen LogP contribution in [0.2, 0.25) is 5.15 Å². The third-order valence-corrected chi connectivity index (χ3v) is 9.07. The highest BCUT2D eigenvalue weighted by atomic mass is 79.9. The minimum absolute atomic E-state index is 0.00219. The van der Waals surface area contributed by atoms with Crippen LogP contribution in [0.25, 0.3) is 21.9 Å². The number of fused-ring (bicyclic) bond motifs is 3. The maximum absolute atomic E-state index is 12.6. The lowest BCUT2D eigenvalue weighted by Crippen LogP contribution is -2.42. The molecule has 33 heavy (non-hydrogen) atoms. The van der Waals surface area contributed by atoms with E-state index >= 15 is 0 Å². The monoisotopic (exact) mass is 547 g/mol. The van der Waals surface area contributed by atoms with Gasteiger partial charge in [0.05, 0.1) is 16.1 Å². The molecule has 0 radical (unpaired) electrons. The number of hydrogen-bond donors (Lipinski definition) is 3. The Morgan fingerprint density at radius 2 is 2.06 bits per heavy atom. The average Bonchev–Trinajstić information content (AvgIpc) is 3.61. The van der Waals surface area contributed by atoms with Gasteiger partial charge < -0.3 is 20.5 Å². The van der Waals surface area contributed by atoms with E-state index in [2.05, 4.69) is 58.6 Å². The third-order valence-electron chi connectivity index (χ3n) is 6.96. The molecule has 1 saturated heterocycles. The highest BCUT2D eigenvalue weighted by Crippen LogP contribution is 2.46. The SMILES string of the molecule is CNC(=O)C1C2C=CC(C2)C1Nc1c(Br)cnc2nc(-c3sc(N4CCCC4)nc3Cl)[nH]c12. The average molecular weight is 549 g/mol. The Labute approximate surface area is 208 Å². The number of H-pyrrole nitrogens is 1. The third kappa shape index (κ3) is 3.54. The normalized spacial score (nSPS) is 26.0. The summed E-state index contributed by atoms with van der Waals surface area (Å²) >= 11 is 11.7. The number of carbonyl (C=O) groups is 1. The van der Waals surface area contributed by atoms with Crippen molar-refractivity contribution in [3.8, 4) is 10.7 Å². The number of allylic oxidation sites excluding steroid dienone is 1. The first-order chi connectivity index (χ1) is 16.0. The fraction of sp³-hybridized carbons (Fsp3) is 0.455. The van der Waals surface area contributed by atoms with Crippen LogP contribution >= 0.6 is 38.9 Å². The molecule has 3 aromatic rings. The van der Waals surface area contributed by atoms with Crippen molar-refractivity contribution >= 4 is 66.8 Å². The summed E-state index contributed by atoms with van der Waals surface area (Å²) in [5.41, 5.74) is 2.24. The van der Waals surface area contributed by atoms with Crippen LogP contribution in [-0.2, 0) is 4.79 Å². The summed E-state index contributed by atoms with van der Waals surface area (Å²) in [7, 11) is 1.70. The molecule has 11 heteroatoms. The predicted molar refractivity (Wildman–Crippen MR) is 135 cm³/mol. The lowest BCUT2D eigenvalue weighted by atomic mass is 9.88. The summed E-state index contributed by atoms with van der Waals surface area (Å²) in [5.74, 6) is 1.19. The maximum Gasteiger partial charge on any atom is 0.225 e. The van der Waals surface area contributed by atoms with Crippen LogP contribution in [-0.4, -0.2) is 52.0 Å². The highest BCUT2D eigenvalue weighted by molar-refractivity contribution is 9.10. The quantitative estimate of drug-likeness (QED) is 0.408. The lowest BCUT2D eigenvalue weighted by molar-refractivity contribution is -0.125. The molecule has 0 aromatic carbocycles. The van der Waals surface area contributed by atoms with Gasteiger partial charge in [0.1, 0.15) is 10.4 Å². The molecule has 1 amide bonds. The zero-order chi connectivity index (χ0) is 22.7. The largest absolute Gasteiger partial charge is 0.378 e. The van der Waals surface area contributed by atoms with Crippen LogP contribution in [0, 0.1) is 17.8 Å². The molecule has 4 heterocycles. The van der Waals surface area contributed by atoms with Crippen LogP contribution in [0.3, 0.4) is 0 Å². The van der Waals surface area contributed by atoms with Crippen LogP contribution in [0.1, 0.15) is 19.3 Å². The van der Waals surface area contributed by atoms with Gasteiger partial charge in [-0.25, -0.2) is 15.0 Å². The van der Waals surface area contributed by atoms with Crippen molar-refractivity contribution in [1.29, 1.82) is 0 Å². The number of thiazole rings is 1. The summed E-state index contributed by atoms with van der Waals surface area (Å²) in [5, 5.41) is 7.87. The molecule has 172 valence electrons. The number of nitrogens with zero attached hydrogens (tertiary/aromatic N) is 4. The highest BCUT2D eigenvalue weighted by Gasteiger charge is 2.48. The van der Waals surface area contributed by atoms with Gasteiger partial charge in [0.15, 0.2) is 21.8 Å². The number of anilines is 2. The van der Waals surface area contributed by atoms with Crippen LogP contribution in [0.5, 0.6) is 0 Å². The lowest BCUT2D eigenvalue weighted by Gasteiger charge is -2.29. The fourth-order valence-corrected chi connectivity index (χ4v) is 7.08. The molecule has 6 rings (SSSR count). The Hall–Kier alpha value is -2.17. The van der Waals surface area contributed by atoms with Crippen molar-refractivity contribution in [1.82, 2.24) is 25.3 Å². The van der Waals surface area contributed by atoms with E-state index in [1.54, 1.807) is 24.6 Å². The van der Waals surface area contributed by atoms with Gasteiger partial charge in [0.2, 0.25) is 5.91 Å². The van der Waals surface area contributed by atoms with Gasteiger partial charge in [-0.05, 0) is 47.0 Å². The zero-order valence-corrected chi connectivity index (χ0v) is 21.1. The molecule has 2 aliphatic carbocycles. The van der Waals surface area contributed by atoms with Crippen LogP contribution in [0.15, 0.2) is 22.8 Å². The van der Waals surface area contributed by atoms with E-state index in [0.717, 1.165) is 45.2 Å². The number of aromatic nitrogens is 4. The zero-order valence-electron chi connectivity index (χ0n) is 17.9. The fourth-order valence-electron chi connectivity index (χ4n) is 5.37. The number of imidazole rings is 1. The summed E-state index contributed by atoms with van der Waals surface area (Å²) < 4.78 is 0.820. The molecule has 4 unspecified atom stereocenters. The number of pyridine rings is 1. The van der Waals surface area contributed by atoms with Crippen LogP contribution in [0.4, 0.5) is 10.8 Å². The minimum Gasteiger partial charge on any atom is -0.378 e. The Kier molecular flexibility index (Phi) is 5.34. The number of aromatic amines is 1. The van der Waals surface area contributed by atoms with E-state index in [-0.39, 0.29) is 23.8 Å². The van der Waals surface area contributed by atoms with E-state index in [1.165, 1.54) is 12.8 Å². The van der Waals surface area contributed by atoms with Crippen molar-refractivity contribution < 1.29 is 4.79 Å². The van der Waals surface area contributed by atoms with E-state index in [9.17, 15) is 4.79 Å². The number of rotatable bonds is 5. The van der Waals surface area contributed by atoms with Gasteiger partial charge >= 0.3 is 0 Å². The first kappa shape index (κ1) is 21.4. The Bertz CT molecular complexity index is 1270. The molecule has 2 bridgehead atoms. The van der Waals surface area contributed by atoms with Crippen molar-refractivity contribution in [2.24, 2.45) is 17.8 Å². The molecule has 4 atom stereocenters. The topological polar surface area (TPSA) is 98.8 Å². The second-order valence-corrected chi connectivity index (χ2v) is 11.0. The second kappa shape index (κ2) is 8.25. The van der Waals surface area contributed by atoms with Gasteiger partial charge in [-0.2, -0.15) is 0 Å². The standard InChI is InChI=1S/C22H23BrClN7OS/c1-25-21(32)13-10-4-5-11(8-10)14(13)27-15-12(23)9-26-19-16(15)28-20(30-19)17-18(24)29-22(33-17)31-6-2-3-7-31/h4-5,9-11,13-14H,2-3,6-8H2,1H3,(H,25,32)(H2,26,27,28,30). The van der Waals surface area contributed by atoms with E-state index < -0.39 is 0 Å². The number of carbonyl (C=O) groups excluding carboxylic acids is 1. The van der Waals surface area contributed by atoms with E-state index in [4.69, 9.17) is 16.6 Å². The molecule has 1 aliphatic heterocycles. The number of hydrogen-bond acceptors (Lipinski definition) is 7. The van der Waals surface area contributed by atoms with Gasteiger partial charge in [0, 0.05) is 32.4 Å². The summed E-state index contributed by atoms with van der Waals surface area (Å²) in [6, 6.07) is 0.00219. The van der Waals surface area contributed by atoms with E-state index in [1.807, 2.05) is 0 Å². The molecule has 1 saturated carbocycles. The van der Waals surface area contributed by atoms with Gasteiger partial charge in [-0.3, -0.25) is 4.79 Å². The molecule has 3 aliphatic rings. The Balaban J connectivity index is 1.37. The summed E-state index contributed by atoms with van der Waals surface area (Å²) in [4.78, 5) is 32.9. The summed E-state index contributed by atoms with van der Waals surface area (Å²) in [6.07, 6.45) is 9.50. The Morgan fingerprint density at radius 3 is 2.85 bits per heavy atom. The second-order valence-electron chi connectivity index (χ2n) is 8.83. The molecule has 0 spiro atoms. The van der Waals surface area contributed by atoms with Gasteiger partial charge in [0.25, 0.3) is 0 Å². The molecule has 2 fully saturated rings. The smallest absolute Gasteiger partial charge is 0.225 e. The van der Waals surface area contributed by atoms with Gasteiger partial charge in [-0.15, -0.1) is 0 Å². The predicted octanol–water partition coefficient (Wildman–Crippen LogP) is 4.45. The summed E-state index contributed by atoms with van der Waals surface area (Å²) in [6.45, 7) is 2.02. The Morgan fingerprint density at radius 1 is 1.27 bits per heavy atom. The van der Waals surface area contributed by atoms with Crippen molar-refractivity contribution in [2.45, 2.75) is 25.3 Å². The van der Waals surface area contributed by atoms with Crippen molar-refractivity contribution in [3.63, 3.8) is 0 Å². The minimum atomic E-state index is -0.110. The molecular formula is C22H23BrClN7OS. The molecule has 8 nitrogen and oxygen atoms in total. The van der Waals surface area contributed by atoms with Crippen LogP contribution < -0.4 is 15.5 Å². The maximum atomic E-state index is 12.6. The first-order valence-corrected chi connectivity index (χ1v) is 13.1. The van der Waals surface area contributed by atoms with Gasteiger partial charge in [-0.1, -0.05) is 35.1 Å². The van der Waals surface area contributed by atoms with Crippen molar-refractivity contribution in [3.05, 3.63) is 28.0 Å². The first-order valence-electron chi connectivity index (χ1n) is 11.2. The molecular weight excluding hydrogens is 526 g/mol.